The minimum Gasteiger partial charge on any atom is -0.457 e. The Hall–Kier alpha value is -4.13. The van der Waals surface area contributed by atoms with Crippen molar-refractivity contribution < 1.29 is 23.9 Å². The maximum atomic E-state index is 12.6. The smallest absolute Gasteiger partial charge is 0.311 e. The summed E-state index contributed by atoms with van der Waals surface area (Å²) >= 11 is 0. The van der Waals surface area contributed by atoms with Crippen LogP contribution in [0.1, 0.15) is 42.9 Å². The Morgan fingerprint density at radius 3 is 2.46 bits per heavy atom. The predicted octanol–water partition coefficient (Wildman–Crippen LogP) is 5.75. The molecule has 37 heavy (non-hydrogen) atoms. The Kier molecular flexibility index (Phi) is 7.92. The lowest BCUT2D eigenvalue weighted by Gasteiger charge is -2.18. The number of hydrogen-bond acceptors (Lipinski definition) is 5. The number of hydrogen-bond donors (Lipinski definition) is 1. The first-order chi connectivity index (χ1) is 17.7. The van der Waals surface area contributed by atoms with Crippen LogP contribution in [0.4, 0.5) is 11.4 Å². The van der Waals surface area contributed by atoms with Gasteiger partial charge in [0.05, 0.1) is 5.92 Å². The third kappa shape index (κ3) is 6.36. The number of benzene rings is 3. The summed E-state index contributed by atoms with van der Waals surface area (Å²) in [4.78, 5) is 39.0. The van der Waals surface area contributed by atoms with Gasteiger partial charge in [0.25, 0.3) is 5.91 Å². The second-order valence-corrected chi connectivity index (χ2v) is 9.67. The zero-order valence-corrected chi connectivity index (χ0v) is 21.6. The fraction of sp³-hybridized carbons (Fsp3) is 0.300. The van der Waals surface area contributed by atoms with Gasteiger partial charge in [-0.1, -0.05) is 44.2 Å². The van der Waals surface area contributed by atoms with E-state index in [1.165, 1.54) is 0 Å². The summed E-state index contributed by atoms with van der Waals surface area (Å²) in [7, 11) is 0. The van der Waals surface area contributed by atoms with Gasteiger partial charge in [0.1, 0.15) is 11.5 Å². The maximum absolute atomic E-state index is 12.6. The Bertz CT molecular complexity index is 1300. The maximum Gasteiger partial charge on any atom is 0.311 e. The zero-order valence-electron chi connectivity index (χ0n) is 21.6. The molecule has 0 radical (unpaired) electrons. The van der Waals surface area contributed by atoms with Crippen LogP contribution in [0.2, 0.25) is 0 Å². The molecule has 1 aliphatic heterocycles. The second-order valence-electron chi connectivity index (χ2n) is 9.67. The monoisotopic (exact) mass is 500 g/mol. The van der Waals surface area contributed by atoms with Crippen molar-refractivity contribution >= 4 is 29.2 Å². The van der Waals surface area contributed by atoms with E-state index in [9.17, 15) is 14.4 Å². The average Bonchev–Trinajstić information content (AvgIpc) is 3.26. The molecule has 1 aliphatic rings. The minimum absolute atomic E-state index is 0.0392. The molecule has 4 rings (SSSR count). The Morgan fingerprint density at radius 1 is 1.03 bits per heavy atom. The van der Waals surface area contributed by atoms with E-state index in [0.29, 0.717) is 23.0 Å². The molecule has 0 spiro atoms. The summed E-state index contributed by atoms with van der Waals surface area (Å²) < 4.78 is 11.4. The Morgan fingerprint density at radius 2 is 1.76 bits per heavy atom. The van der Waals surface area contributed by atoms with Gasteiger partial charge in [0.2, 0.25) is 5.91 Å². The van der Waals surface area contributed by atoms with Gasteiger partial charge < -0.3 is 19.7 Å². The number of carbonyl (C=O) groups excluding carboxylic acids is 3. The summed E-state index contributed by atoms with van der Waals surface area (Å²) in [6, 6.07) is 20.8. The fourth-order valence-electron chi connectivity index (χ4n) is 4.30. The molecule has 1 saturated heterocycles. The summed E-state index contributed by atoms with van der Waals surface area (Å²) in [6.07, 6.45) is 0.0392. The summed E-state index contributed by atoms with van der Waals surface area (Å²) in [5.74, 6) is 0.0245. The number of anilines is 2. The summed E-state index contributed by atoms with van der Waals surface area (Å²) in [6.45, 7) is 7.95. The van der Waals surface area contributed by atoms with Gasteiger partial charge in [-0.25, -0.2) is 0 Å². The molecule has 192 valence electrons. The van der Waals surface area contributed by atoms with Gasteiger partial charge >= 0.3 is 5.97 Å². The first-order valence-corrected chi connectivity index (χ1v) is 12.4. The third-order valence-electron chi connectivity index (χ3n) is 6.39. The topological polar surface area (TPSA) is 84.9 Å². The normalized spacial score (nSPS) is 15.1. The Balaban J connectivity index is 1.33. The van der Waals surface area contributed by atoms with Crippen molar-refractivity contribution in [2.24, 2.45) is 5.92 Å². The van der Waals surface area contributed by atoms with Crippen molar-refractivity contribution in [2.75, 3.05) is 23.4 Å². The van der Waals surface area contributed by atoms with Gasteiger partial charge in [0, 0.05) is 24.3 Å². The summed E-state index contributed by atoms with van der Waals surface area (Å²) in [5, 5.41) is 2.73. The van der Waals surface area contributed by atoms with Crippen molar-refractivity contribution in [3.05, 3.63) is 83.4 Å². The molecule has 0 aliphatic carbocycles. The van der Waals surface area contributed by atoms with Crippen LogP contribution in [0.5, 0.6) is 11.5 Å². The second kappa shape index (κ2) is 11.3. The van der Waals surface area contributed by atoms with E-state index in [1.807, 2.05) is 50.2 Å². The number of aryl methyl sites for hydroxylation is 2. The van der Waals surface area contributed by atoms with Crippen molar-refractivity contribution in [1.82, 2.24) is 0 Å². The van der Waals surface area contributed by atoms with E-state index in [4.69, 9.17) is 9.47 Å². The predicted molar refractivity (Wildman–Crippen MR) is 143 cm³/mol. The lowest BCUT2D eigenvalue weighted by molar-refractivity contribution is -0.151. The molecule has 0 bridgehead atoms. The van der Waals surface area contributed by atoms with E-state index >= 15 is 0 Å². The van der Waals surface area contributed by atoms with Crippen LogP contribution in [0.25, 0.3) is 0 Å². The molecular weight excluding hydrogens is 468 g/mol. The number of carbonyl (C=O) groups is 3. The van der Waals surface area contributed by atoms with Gasteiger partial charge in [-0.15, -0.1) is 0 Å². The quantitative estimate of drug-likeness (QED) is 0.398. The van der Waals surface area contributed by atoms with Crippen molar-refractivity contribution in [2.45, 2.75) is 40.0 Å². The molecule has 0 aromatic heterocycles. The molecule has 3 aromatic rings. The van der Waals surface area contributed by atoms with Crippen LogP contribution >= 0.6 is 0 Å². The number of amides is 2. The standard InChI is InChI=1S/C30H32N2O5/c1-19(2)25-14-9-20(3)15-27(25)37-24-12-10-23(11-13-24)32-17-22(16-29(32)34)30(35)36-18-28(33)31-26-8-6-5-7-21(26)4/h5-15,19,22H,16-18H2,1-4H3,(H,31,33)/t22-/m0/s1. The molecule has 7 heteroatoms. The zero-order chi connectivity index (χ0) is 26.5. The number of para-hydroxylation sites is 1. The first-order valence-electron chi connectivity index (χ1n) is 12.4. The molecule has 3 aromatic carbocycles. The van der Waals surface area contributed by atoms with Gasteiger partial charge in [0.15, 0.2) is 6.61 Å². The van der Waals surface area contributed by atoms with Crippen molar-refractivity contribution in [3.63, 3.8) is 0 Å². The number of rotatable bonds is 8. The van der Waals surface area contributed by atoms with E-state index in [1.54, 1.807) is 23.1 Å². The van der Waals surface area contributed by atoms with Crippen LogP contribution < -0.4 is 15.0 Å². The van der Waals surface area contributed by atoms with Crippen molar-refractivity contribution in [1.29, 1.82) is 0 Å². The molecule has 2 amide bonds. The van der Waals surface area contributed by atoms with E-state index in [0.717, 1.165) is 22.4 Å². The number of ether oxygens (including phenoxy) is 2. The number of nitrogens with zero attached hydrogens (tertiary/aromatic N) is 1. The average molecular weight is 501 g/mol. The van der Waals surface area contributed by atoms with Gasteiger partial charge in [-0.3, -0.25) is 14.4 Å². The lowest BCUT2D eigenvalue weighted by Crippen LogP contribution is -2.28. The first kappa shape index (κ1) is 25.9. The molecule has 7 nitrogen and oxygen atoms in total. The minimum atomic E-state index is -0.629. The third-order valence-corrected chi connectivity index (χ3v) is 6.39. The molecule has 0 saturated carbocycles. The number of nitrogens with one attached hydrogen (secondary N) is 1. The highest BCUT2D eigenvalue weighted by Gasteiger charge is 2.36. The van der Waals surface area contributed by atoms with Gasteiger partial charge in [-0.2, -0.15) is 0 Å². The molecule has 1 N–H and O–H groups in total. The van der Waals surface area contributed by atoms with Crippen LogP contribution in [-0.4, -0.2) is 30.9 Å². The summed E-state index contributed by atoms with van der Waals surface area (Å²) in [5.41, 5.74) is 4.50. The lowest BCUT2D eigenvalue weighted by atomic mass is 10.0. The SMILES string of the molecule is Cc1ccc(C(C)C)c(Oc2ccc(N3C[C@@H](C(=O)OCC(=O)Nc4ccccc4C)CC3=O)cc2)c1. The molecule has 1 heterocycles. The highest BCUT2D eigenvalue weighted by atomic mass is 16.5. The largest absolute Gasteiger partial charge is 0.457 e. The van der Waals surface area contributed by atoms with Crippen LogP contribution in [-0.2, 0) is 19.1 Å². The van der Waals surface area contributed by atoms with Crippen molar-refractivity contribution in [3.8, 4) is 11.5 Å². The molecule has 0 unspecified atom stereocenters. The van der Waals surface area contributed by atoms with Gasteiger partial charge in [-0.05, 0) is 72.9 Å². The van der Waals surface area contributed by atoms with E-state index < -0.39 is 24.4 Å². The molecule has 1 atom stereocenters. The molecule has 1 fully saturated rings. The highest BCUT2D eigenvalue weighted by Crippen LogP contribution is 2.33. The van der Waals surface area contributed by atoms with Crippen LogP contribution in [0, 0.1) is 19.8 Å². The van der Waals surface area contributed by atoms with Crippen LogP contribution in [0.3, 0.4) is 0 Å². The number of esters is 1. The fourth-order valence-corrected chi connectivity index (χ4v) is 4.30. The molecular formula is C30H32N2O5. The van der Waals surface area contributed by atoms with E-state index in [2.05, 4.69) is 31.3 Å². The van der Waals surface area contributed by atoms with Crippen LogP contribution in [0.15, 0.2) is 66.7 Å². The Labute approximate surface area is 217 Å². The highest BCUT2D eigenvalue weighted by molar-refractivity contribution is 6.00. The van der Waals surface area contributed by atoms with E-state index in [-0.39, 0.29) is 18.9 Å².